The van der Waals surface area contributed by atoms with Crippen molar-refractivity contribution in [1.82, 2.24) is 10.6 Å². The Labute approximate surface area is 130 Å². The average molecular weight is 288 g/mol. The van der Waals surface area contributed by atoms with Gasteiger partial charge in [-0.05, 0) is 72.4 Å². The number of nitrogens with one attached hydrogen (secondary N) is 2. The number of hydrogen-bond donors (Lipinski definition) is 2. The Kier molecular flexibility index (Phi) is 4.51. The molecule has 0 aliphatic carbocycles. The van der Waals surface area contributed by atoms with Gasteiger partial charge in [0.25, 0.3) is 0 Å². The number of aryl methyl sites for hydroxylation is 2. The number of rotatable bonds is 3. The van der Waals surface area contributed by atoms with Crippen molar-refractivity contribution in [1.29, 1.82) is 0 Å². The SMILES string of the molecule is Cc1ccc(C)c(C(C)NC2CC(C)(C)NC(C)(C)C2)c1. The molecule has 1 fully saturated rings. The van der Waals surface area contributed by atoms with Crippen molar-refractivity contribution in [2.24, 2.45) is 0 Å². The highest BCUT2D eigenvalue weighted by molar-refractivity contribution is 5.32. The molecule has 1 saturated heterocycles. The van der Waals surface area contributed by atoms with Gasteiger partial charge in [-0.2, -0.15) is 0 Å². The van der Waals surface area contributed by atoms with E-state index >= 15 is 0 Å². The van der Waals surface area contributed by atoms with Crippen molar-refractivity contribution in [3.8, 4) is 0 Å². The zero-order valence-corrected chi connectivity index (χ0v) is 14.8. The van der Waals surface area contributed by atoms with Crippen molar-refractivity contribution in [3.05, 3.63) is 34.9 Å². The van der Waals surface area contributed by atoms with Gasteiger partial charge in [0.05, 0.1) is 0 Å². The molecule has 1 atom stereocenters. The summed E-state index contributed by atoms with van der Waals surface area (Å²) in [6.45, 7) is 15.9. The summed E-state index contributed by atoms with van der Waals surface area (Å²) in [5.41, 5.74) is 4.55. The summed E-state index contributed by atoms with van der Waals surface area (Å²) in [5, 5.41) is 7.63. The fourth-order valence-electron chi connectivity index (χ4n) is 4.11. The summed E-state index contributed by atoms with van der Waals surface area (Å²) in [5.74, 6) is 0. The second kappa shape index (κ2) is 5.73. The molecule has 1 aliphatic rings. The zero-order chi connectivity index (χ0) is 15.8. The summed E-state index contributed by atoms with van der Waals surface area (Å²) >= 11 is 0. The molecule has 118 valence electrons. The van der Waals surface area contributed by atoms with Gasteiger partial charge in [-0.3, -0.25) is 0 Å². The minimum atomic E-state index is 0.195. The molecule has 0 bridgehead atoms. The van der Waals surface area contributed by atoms with E-state index in [1.165, 1.54) is 29.5 Å². The maximum atomic E-state index is 3.87. The Morgan fingerprint density at radius 1 is 1.10 bits per heavy atom. The van der Waals surface area contributed by atoms with E-state index in [0.717, 1.165) is 0 Å². The van der Waals surface area contributed by atoms with Gasteiger partial charge in [-0.15, -0.1) is 0 Å². The maximum absolute atomic E-state index is 3.87. The van der Waals surface area contributed by atoms with Crippen molar-refractivity contribution in [3.63, 3.8) is 0 Å². The highest BCUT2D eigenvalue weighted by Gasteiger charge is 2.37. The van der Waals surface area contributed by atoms with Gasteiger partial charge in [0, 0.05) is 23.2 Å². The van der Waals surface area contributed by atoms with Crippen LogP contribution in [-0.2, 0) is 0 Å². The monoisotopic (exact) mass is 288 g/mol. The fourth-order valence-corrected chi connectivity index (χ4v) is 4.11. The number of piperidine rings is 1. The normalized spacial score (nSPS) is 23.0. The third kappa shape index (κ3) is 4.31. The first-order valence-electron chi connectivity index (χ1n) is 8.21. The summed E-state index contributed by atoms with van der Waals surface area (Å²) in [6, 6.07) is 7.72. The van der Waals surface area contributed by atoms with Crippen LogP contribution in [0.15, 0.2) is 18.2 Å². The molecule has 0 aromatic heterocycles. The molecule has 1 heterocycles. The summed E-state index contributed by atoms with van der Waals surface area (Å²) in [6.07, 6.45) is 2.34. The van der Waals surface area contributed by atoms with E-state index in [4.69, 9.17) is 0 Å². The average Bonchev–Trinajstić information content (AvgIpc) is 2.27. The summed E-state index contributed by atoms with van der Waals surface area (Å²) < 4.78 is 0. The third-order valence-electron chi connectivity index (χ3n) is 4.58. The van der Waals surface area contributed by atoms with Gasteiger partial charge in [0.1, 0.15) is 0 Å². The van der Waals surface area contributed by atoms with Crippen molar-refractivity contribution >= 4 is 0 Å². The van der Waals surface area contributed by atoms with Crippen molar-refractivity contribution in [2.75, 3.05) is 0 Å². The predicted octanol–water partition coefficient (Wildman–Crippen LogP) is 4.26. The topological polar surface area (TPSA) is 24.1 Å². The van der Waals surface area contributed by atoms with Crippen LogP contribution < -0.4 is 10.6 Å². The van der Waals surface area contributed by atoms with Crippen LogP contribution in [0.2, 0.25) is 0 Å². The van der Waals surface area contributed by atoms with E-state index in [1.54, 1.807) is 0 Å². The minimum Gasteiger partial charge on any atom is -0.307 e. The van der Waals surface area contributed by atoms with Gasteiger partial charge in [0.2, 0.25) is 0 Å². The van der Waals surface area contributed by atoms with Crippen LogP contribution >= 0.6 is 0 Å². The van der Waals surface area contributed by atoms with Gasteiger partial charge < -0.3 is 10.6 Å². The lowest BCUT2D eigenvalue weighted by molar-refractivity contribution is 0.141. The van der Waals surface area contributed by atoms with E-state index in [2.05, 4.69) is 77.3 Å². The summed E-state index contributed by atoms with van der Waals surface area (Å²) in [4.78, 5) is 0. The van der Waals surface area contributed by atoms with E-state index in [0.29, 0.717) is 12.1 Å². The predicted molar refractivity (Wildman–Crippen MR) is 91.8 cm³/mol. The molecule has 0 radical (unpaired) electrons. The van der Waals surface area contributed by atoms with Gasteiger partial charge >= 0.3 is 0 Å². The number of hydrogen-bond acceptors (Lipinski definition) is 2. The highest BCUT2D eigenvalue weighted by atomic mass is 15.1. The lowest BCUT2D eigenvalue weighted by atomic mass is 9.79. The lowest BCUT2D eigenvalue weighted by Gasteiger charge is -2.47. The van der Waals surface area contributed by atoms with E-state index in [1.807, 2.05) is 0 Å². The summed E-state index contributed by atoms with van der Waals surface area (Å²) in [7, 11) is 0. The molecule has 2 N–H and O–H groups in total. The molecule has 0 spiro atoms. The van der Waals surface area contributed by atoms with Crippen LogP contribution in [0.3, 0.4) is 0 Å². The molecule has 2 rings (SSSR count). The molecule has 2 heteroatoms. The molecule has 21 heavy (non-hydrogen) atoms. The molecular formula is C19H32N2. The van der Waals surface area contributed by atoms with Crippen LogP contribution in [0, 0.1) is 13.8 Å². The van der Waals surface area contributed by atoms with Gasteiger partial charge in [-0.25, -0.2) is 0 Å². The van der Waals surface area contributed by atoms with Crippen LogP contribution in [0.1, 0.15) is 70.2 Å². The highest BCUT2D eigenvalue weighted by Crippen LogP contribution is 2.30. The van der Waals surface area contributed by atoms with Crippen LogP contribution in [0.4, 0.5) is 0 Å². The Balaban J connectivity index is 2.12. The Bertz CT molecular complexity index is 486. The van der Waals surface area contributed by atoms with E-state index in [9.17, 15) is 0 Å². The lowest BCUT2D eigenvalue weighted by Crippen LogP contribution is -2.61. The standard InChI is InChI=1S/C19H32N2/c1-13-8-9-14(2)17(10-13)15(3)20-16-11-18(4,5)21-19(6,7)12-16/h8-10,15-16,20-21H,11-12H2,1-7H3. The molecule has 0 saturated carbocycles. The second-order valence-electron chi connectivity index (χ2n) is 8.25. The second-order valence-corrected chi connectivity index (χ2v) is 8.25. The quantitative estimate of drug-likeness (QED) is 0.868. The molecular weight excluding hydrogens is 256 g/mol. The van der Waals surface area contributed by atoms with Crippen LogP contribution in [-0.4, -0.2) is 17.1 Å². The molecule has 1 aliphatic heterocycles. The molecule has 1 unspecified atom stereocenters. The van der Waals surface area contributed by atoms with Crippen molar-refractivity contribution < 1.29 is 0 Å². The first kappa shape index (κ1) is 16.5. The van der Waals surface area contributed by atoms with E-state index < -0.39 is 0 Å². The van der Waals surface area contributed by atoms with E-state index in [-0.39, 0.29) is 11.1 Å². The molecule has 2 nitrogen and oxygen atoms in total. The first-order valence-corrected chi connectivity index (χ1v) is 8.21. The number of benzene rings is 1. The van der Waals surface area contributed by atoms with Crippen LogP contribution in [0.5, 0.6) is 0 Å². The third-order valence-corrected chi connectivity index (χ3v) is 4.58. The Morgan fingerprint density at radius 2 is 1.67 bits per heavy atom. The Morgan fingerprint density at radius 3 is 2.24 bits per heavy atom. The van der Waals surface area contributed by atoms with Gasteiger partial charge in [0.15, 0.2) is 0 Å². The fraction of sp³-hybridized carbons (Fsp3) is 0.684. The smallest absolute Gasteiger partial charge is 0.0297 e. The zero-order valence-electron chi connectivity index (χ0n) is 14.8. The van der Waals surface area contributed by atoms with Gasteiger partial charge in [-0.1, -0.05) is 23.8 Å². The Hall–Kier alpha value is -0.860. The van der Waals surface area contributed by atoms with Crippen LogP contribution in [0.25, 0.3) is 0 Å². The molecule has 1 aromatic carbocycles. The minimum absolute atomic E-state index is 0.195. The van der Waals surface area contributed by atoms with Crippen molar-refractivity contribution in [2.45, 2.75) is 84.5 Å². The largest absolute Gasteiger partial charge is 0.307 e. The first-order chi connectivity index (χ1) is 9.58. The maximum Gasteiger partial charge on any atom is 0.0297 e. The molecule has 1 aromatic rings. The molecule has 0 amide bonds.